The van der Waals surface area contributed by atoms with Crippen LogP contribution in [0.15, 0.2) is 42.6 Å². The van der Waals surface area contributed by atoms with E-state index in [1.54, 1.807) is 18.3 Å². The summed E-state index contributed by atoms with van der Waals surface area (Å²) < 4.78 is 5.35. The van der Waals surface area contributed by atoms with Gasteiger partial charge in [-0.3, -0.25) is 4.79 Å². The fraction of sp³-hybridized carbons (Fsp3) is 0.214. The molecule has 0 bridgehead atoms. The van der Waals surface area contributed by atoms with Gasteiger partial charge >= 0.3 is 0 Å². The minimum absolute atomic E-state index is 0.103. The molecule has 1 aromatic carbocycles. The van der Waals surface area contributed by atoms with Gasteiger partial charge < -0.3 is 15.0 Å². The average Bonchev–Trinajstić information content (AvgIpc) is 2.92. The Labute approximate surface area is 106 Å². The number of carbonyl (C=O) groups excluding carboxylic acids is 1. The predicted molar refractivity (Wildman–Crippen MR) is 69.6 cm³/mol. The number of nitrogens with one attached hydrogen (secondary N) is 2. The Balaban J connectivity index is 1.88. The minimum atomic E-state index is -0.103. The van der Waals surface area contributed by atoms with Gasteiger partial charge in [-0.25, -0.2) is 0 Å². The number of aromatic amines is 1. The first-order valence-corrected chi connectivity index (χ1v) is 5.93. The van der Waals surface area contributed by atoms with E-state index in [1.807, 2.05) is 31.2 Å². The van der Waals surface area contributed by atoms with E-state index in [0.717, 1.165) is 11.3 Å². The van der Waals surface area contributed by atoms with Crippen LogP contribution in [0.25, 0.3) is 0 Å². The molecule has 2 aromatic rings. The molecule has 18 heavy (non-hydrogen) atoms. The third-order valence-corrected chi connectivity index (χ3v) is 2.53. The van der Waals surface area contributed by atoms with E-state index >= 15 is 0 Å². The second kappa shape index (κ2) is 5.91. The molecule has 0 saturated carbocycles. The van der Waals surface area contributed by atoms with Crippen molar-refractivity contribution in [3.8, 4) is 5.75 Å². The van der Waals surface area contributed by atoms with Crippen molar-refractivity contribution in [3.63, 3.8) is 0 Å². The minimum Gasteiger partial charge on any atom is -0.494 e. The van der Waals surface area contributed by atoms with E-state index < -0.39 is 0 Å². The lowest BCUT2D eigenvalue weighted by Gasteiger charge is -2.06. The van der Waals surface area contributed by atoms with Crippen LogP contribution in [0.2, 0.25) is 0 Å². The van der Waals surface area contributed by atoms with Crippen molar-refractivity contribution in [2.45, 2.75) is 13.5 Å². The van der Waals surface area contributed by atoms with Gasteiger partial charge in [0.15, 0.2) is 0 Å². The first-order valence-electron chi connectivity index (χ1n) is 5.93. The van der Waals surface area contributed by atoms with Gasteiger partial charge in [-0.15, -0.1) is 0 Å². The number of hydrogen-bond acceptors (Lipinski definition) is 2. The van der Waals surface area contributed by atoms with E-state index in [-0.39, 0.29) is 5.91 Å². The molecule has 0 saturated heterocycles. The molecule has 2 N–H and O–H groups in total. The molecule has 4 nitrogen and oxygen atoms in total. The molecule has 2 rings (SSSR count). The van der Waals surface area contributed by atoms with Gasteiger partial charge in [-0.1, -0.05) is 12.1 Å². The van der Waals surface area contributed by atoms with Crippen LogP contribution in [0.3, 0.4) is 0 Å². The second-order valence-corrected chi connectivity index (χ2v) is 3.84. The molecular formula is C14H16N2O2. The smallest absolute Gasteiger partial charge is 0.267 e. The normalized spacial score (nSPS) is 10.1. The fourth-order valence-electron chi connectivity index (χ4n) is 1.62. The van der Waals surface area contributed by atoms with E-state index in [1.165, 1.54) is 0 Å². The molecule has 94 valence electrons. The van der Waals surface area contributed by atoms with Crippen LogP contribution in [0.4, 0.5) is 0 Å². The molecule has 0 spiro atoms. The Hall–Kier alpha value is -2.23. The monoisotopic (exact) mass is 244 g/mol. The number of H-pyrrole nitrogens is 1. The van der Waals surface area contributed by atoms with Gasteiger partial charge in [-0.05, 0) is 36.8 Å². The van der Waals surface area contributed by atoms with Gasteiger partial charge in [0.1, 0.15) is 11.4 Å². The summed E-state index contributed by atoms with van der Waals surface area (Å²) in [5.41, 5.74) is 1.61. The summed E-state index contributed by atoms with van der Waals surface area (Å²) in [7, 11) is 0. The number of amides is 1. The first-order chi connectivity index (χ1) is 8.79. The van der Waals surface area contributed by atoms with Crippen molar-refractivity contribution in [2.75, 3.05) is 6.61 Å². The Morgan fingerprint density at radius 1 is 1.28 bits per heavy atom. The van der Waals surface area contributed by atoms with Crippen molar-refractivity contribution >= 4 is 5.91 Å². The number of aromatic nitrogens is 1. The van der Waals surface area contributed by atoms with E-state index in [9.17, 15) is 4.79 Å². The molecule has 0 fully saturated rings. The highest BCUT2D eigenvalue weighted by atomic mass is 16.5. The quantitative estimate of drug-likeness (QED) is 0.848. The number of rotatable bonds is 5. The first kappa shape index (κ1) is 12.2. The Morgan fingerprint density at radius 2 is 2.06 bits per heavy atom. The van der Waals surface area contributed by atoms with Crippen LogP contribution in [-0.2, 0) is 6.54 Å². The van der Waals surface area contributed by atoms with Gasteiger partial charge in [0.25, 0.3) is 5.91 Å². The lowest BCUT2D eigenvalue weighted by molar-refractivity contribution is 0.0946. The molecule has 0 unspecified atom stereocenters. The third kappa shape index (κ3) is 3.13. The molecular weight excluding hydrogens is 228 g/mol. The number of benzene rings is 1. The molecule has 1 heterocycles. The second-order valence-electron chi connectivity index (χ2n) is 3.84. The maximum Gasteiger partial charge on any atom is 0.267 e. The van der Waals surface area contributed by atoms with Crippen LogP contribution in [-0.4, -0.2) is 17.5 Å². The van der Waals surface area contributed by atoms with Crippen molar-refractivity contribution < 1.29 is 9.53 Å². The van der Waals surface area contributed by atoms with Crippen LogP contribution in [0.5, 0.6) is 5.75 Å². The molecule has 1 aromatic heterocycles. The van der Waals surface area contributed by atoms with Crippen LogP contribution < -0.4 is 10.1 Å². The Kier molecular flexibility index (Phi) is 4.02. The lowest BCUT2D eigenvalue weighted by Crippen LogP contribution is -2.22. The van der Waals surface area contributed by atoms with Crippen molar-refractivity contribution in [1.29, 1.82) is 0 Å². The summed E-state index contributed by atoms with van der Waals surface area (Å²) in [5.74, 6) is 0.742. The highest BCUT2D eigenvalue weighted by Gasteiger charge is 2.04. The maximum atomic E-state index is 11.7. The molecule has 0 aliphatic carbocycles. The van der Waals surface area contributed by atoms with Gasteiger partial charge in [-0.2, -0.15) is 0 Å². The zero-order valence-electron chi connectivity index (χ0n) is 10.3. The summed E-state index contributed by atoms with van der Waals surface area (Å²) in [4.78, 5) is 14.5. The average molecular weight is 244 g/mol. The number of carbonyl (C=O) groups is 1. The highest BCUT2D eigenvalue weighted by Crippen LogP contribution is 2.11. The SMILES string of the molecule is CCOc1ccc(CNC(=O)c2ccc[nH]2)cc1. The van der Waals surface area contributed by atoms with E-state index in [4.69, 9.17) is 4.74 Å². The molecule has 0 atom stereocenters. The Morgan fingerprint density at radius 3 is 2.67 bits per heavy atom. The molecule has 0 aliphatic rings. The van der Waals surface area contributed by atoms with Gasteiger partial charge in [0, 0.05) is 12.7 Å². The predicted octanol–water partition coefficient (Wildman–Crippen LogP) is 2.34. The zero-order valence-corrected chi connectivity index (χ0v) is 10.3. The summed E-state index contributed by atoms with van der Waals surface area (Å²) in [6, 6.07) is 11.2. The van der Waals surface area contributed by atoms with Crippen molar-refractivity contribution in [2.24, 2.45) is 0 Å². The van der Waals surface area contributed by atoms with Gasteiger partial charge in [0.05, 0.1) is 6.61 Å². The summed E-state index contributed by atoms with van der Waals surface area (Å²) in [6.45, 7) is 3.11. The van der Waals surface area contributed by atoms with Crippen LogP contribution >= 0.6 is 0 Å². The van der Waals surface area contributed by atoms with E-state index in [2.05, 4.69) is 10.3 Å². The standard InChI is InChI=1S/C14H16N2O2/c1-2-18-12-7-5-11(6-8-12)10-16-14(17)13-4-3-9-15-13/h3-9,15H,2,10H2,1H3,(H,16,17). The largest absolute Gasteiger partial charge is 0.494 e. The maximum absolute atomic E-state index is 11.7. The molecule has 0 aliphatic heterocycles. The van der Waals surface area contributed by atoms with Crippen molar-refractivity contribution in [3.05, 3.63) is 53.9 Å². The Bertz CT molecular complexity index is 489. The fourth-order valence-corrected chi connectivity index (χ4v) is 1.62. The molecule has 0 radical (unpaired) electrons. The third-order valence-electron chi connectivity index (χ3n) is 2.53. The topological polar surface area (TPSA) is 54.1 Å². The van der Waals surface area contributed by atoms with Crippen LogP contribution in [0.1, 0.15) is 23.0 Å². The molecule has 1 amide bonds. The number of hydrogen-bond donors (Lipinski definition) is 2. The number of ether oxygens (including phenoxy) is 1. The van der Waals surface area contributed by atoms with Gasteiger partial charge in [0.2, 0.25) is 0 Å². The lowest BCUT2D eigenvalue weighted by atomic mass is 10.2. The highest BCUT2D eigenvalue weighted by molar-refractivity contribution is 5.92. The van der Waals surface area contributed by atoms with Crippen molar-refractivity contribution in [1.82, 2.24) is 10.3 Å². The van der Waals surface area contributed by atoms with Crippen LogP contribution in [0, 0.1) is 0 Å². The zero-order chi connectivity index (χ0) is 12.8. The summed E-state index contributed by atoms with van der Waals surface area (Å²) in [6.07, 6.45) is 1.73. The summed E-state index contributed by atoms with van der Waals surface area (Å²) in [5, 5.41) is 2.84. The van der Waals surface area contributed by atoms with E-state index in [0.29, 0.717) is 18.8 Å². The summed E-state index contributed by atoms with van der Waals surface area (Å²) >= 11 is 0. The molecule has 4 heteroatoms.